The van der Waals surface area contributed by atoms with Gasteiger partial charge in [0.2, 0.25) is 5.91 Å². The molecule has 14 heteroatoms. The van der Waals surface area contributed by atoms with Crippen molar-refractivity contribution in [2.45, 2.75) is 37.9 Å². The van der Waals surface area contributed by atoms with Crippen LogP contribution >= 0.6 is 11.6 Å². The van der Waals surface area contributed by atoms with E-state index >= 15 is 0 Å². The number of carbonyl (C=O) groups is 1. The smallest absolute Gasteiger partial charge is 0.330 e. The molecule has 2 aliphatic rings. The normalized spacial score (nSPS) is 19.0. The first-order valence-electron chi connectivity index (χ1n) is 11.7. The molecule has 5 heterocycles. The van der Waals surface area contributed by atoms with E-state index in [1.807, 2.05) is 4.90 Å². The van der Waals surface area contributed by atoms with E-state index in [1.54, 1.807) is 16.8 Å². The number of rotatable bonds is 4. The number of pyridine rings is 1. The van der Waals surface area contributed by atoms with Gasteiger partial charge >= 0.3 is 6.18 Å². The Bertz CT molecular complexity index is 1430. The minimum atomic E-state index is -4.75. The molecule has 0 saturated carbocycles. The van der Waals surface area contributed by atoms with E-state index in [2.05, 4.69) is 15.1 Å². The van der Waals surface area contributed by atoms with Crippen LogP contribution in [0.3, 0.4) is 0 Å². The number of anilines is 2. The first kappa shape index (κ1) is 25.7. The van der Waals surface area contributed by atoms with Crippen molar-refractivity contribution in [3.8, 4) is 0 Å². The highest BCUT2D eigenvalue weighted by atomic mass is 35.5. The molecule has 0 N–H and O–H groups in total. The Balaban J connectivity index is 1.41. The Hall–Kier alpha value is -2.93. The number of hydrogen-bond donors (Lipinski definition) is 0. The summed E-state index contributed by atoms with van der Waals surface area (Å²) < 4.78 is 67.5. The third kappa shape index (κ3) is 4.98. The predicted molar refractivity (Wildman–Crippen MR) is 131 cm³/mol. The van der Waals surface area contributed by atoms with Crippen LogP contribution in [0.1, 0.15) is 36.6 Å². The van der Waals surface area contributed by atoms with Gasteiger partial charge in [0.15, 0.2) is 16.8 Å². The largest absolute Gasteiger partial charge is 0.413 e. The number of fused-ring (bicyclic) bond motifs is 3. The van der Waals surface area contributed by atoms with Crippen molar-refractivity contribution in [2.24, 2.45) is 5.92 Å². The van der Waals surface area contributed by atoms with Gasteiger partial charge in [0.25, 0.3) is 0 Å². The molecule has 9 nitrogen and oxygen atoms in total. The van der Waals surface area contributed by atoms with Gasteiger partial charge in [0.1, 0.15) is 15.7 Å². The average Bonchev–Trinajstić information content (AvgIpc) is 3.24. The molecule has 1 saturated heterocycles. The van der Waals surface area contributed by atoms with E-state index in [1.165, 1.54) is 12.1 Å². The van der Waals surface area contributed by atoms with Gasteiger partial charge in [-0.25, -0.2) is 22.9 Å². The number of carbonyl (C=O) groups excluding carboxylic acids is 1. The molecule has 37 heavy (non-hydrogen) atoms. The summed E-state index contributed by atoms with van der Waals surface area (Å²) in [5.41, 5.74) is 2.04. The molecule has 0 spiro atoms. The molecule has 198 valence electrons. The summed E-state index contributed by atoms with van der Waals surface area (Å²) in [5, 5.41) is 4.59. The Kier molecular flexibility index (Phi) is 6.55. The maximum Gasteiger partial charge on any atom is 0.413 e. The van der Waals surface area contributed by atoms with Gasteiger partial charge in [-0.3, -0.25) is 4.79 Å². The minimum absolute atomic E-state index is 0.0183. The van der Waals surface area contributed by atoms with Gasteiger partial charge < -0.3 is 9.80 Å². The van der Waals surface area contributed by atoms with Gasteiger partial charge in [-0.1, -0.05) is 17.7 Å². The van der Waals surface area contributed by atoms with Crippen LogP contribution < -0.4 is 4.90 Å². The van der Waals surface area contributed by atoms with E-state index in [9.17, 15) is 26.4 Å². The molecular formula is C23H24ClF3N6O3S. The number of aryl methyl sites for hydroxylation is 1. The summed E-state index contributed by atoms with van der Waals surface area (Å²) >= 11 is 6.03. The molecule has 0 aromatic carbocycles. The molecule has 2 aliphatic heterocycles. The van der Waals surface area contributed by atoms with Crippen molar-refractivity contribution in [1.29, 1.82) is 0 Å². The van der Waals surface area contributed by atoms with Crippen molar-refractivity contribution in [1.82, 2.24) is 24.5 Å². The van der Waals surface area contributed by atoms with Gasteiger partial charge in [0, 0.05) is 37.3 Å². The summed E-state index contributed by atoms with van der Waals surface area (Å²) in [6.45, 7) is 0.590. The Morgan fingerprint density at radius 3 is 2.57 bits per heavy atom. The summed E-state index contributed by atoms with van der Waals surface area (Å²) in [6.07, 6.45) is -0.408. The van der Waals surface area contributed by atoms with Crippen LogP contribution in [0.4, 0.5) is 24.7 Å². The highest BCUT2D eigenvalue weighted by Crippen LogP contribution is 2.39. The second-order valence-electron chi connectivity index (χ2n) is 9.35. The van der Waals surface area contributed by atoms with Crippen molar-refractivity contribution in [3.05, 3.63) is 47.0 Å². The number of hydrogen-bond acceptors (Lipinski definition) is 7. The lowest BCUT2D eigenvalue weighted by Crippen LogP contribution is -2.44. The highest BCUT2D eigenvalue weighted by Gasteiger charge is 2.47. The fourth-order valence-electron chi connectivity index (χ4n) is 5.07. The van der Waals surface area contributed by atoms with Crippen LogP contribution in [-0.2, 0) is 21.1 Å². The molecule has 0 bridgehead atoms. The lowest BCUT2D eigenvalue weighted by molar-refractivity contribution is -0.190. The molecule has 0 aliphatic carbocycles. The van der Waals surface area contributed by atoms with Crippen molar-refractivity contribution < 1.29 is 26.4 Å². The van der Waals surface area contributed by atoms with E-state index < -0.39 is 33.9 Å². The fourth-order valence-corrected chi connectivity index (χ4v) is 6.73. The number of amides is 1. The fraction of sp³-hybridized carbons (Fsp3) is 0.478. The van der Waals surface area contributed by atoms with Crippen LogP contribution in [0.2, 0.25) is 5.15 Å². The first-order valence-corrected chi connectivity index (χ1v) is 13.9. The maximum atomic E-state index is 14.2. The molecular weight excluding hydrogens is 533 g/mol. The Morgan fingerprint density at radius 1 is 1.19 bits per heavy atom. The first-order chi connectivity index (χ1) is 17.4. The van der Waals surface area contributed by atoms with Gasteiger partial charge in [-0.2, -0.15) is 18.3 Å². The number of halogens is 4. The van der Waals surface area contributed by atoms with Crippen LogP contribution in [0.15, 0.2) is 30.6 Å². The quantitative estimate of drug-likeness (QED) is 0.482. The lowest BCUT2D eigenvalue weighted by Gasteiger charge is -2.34. The Labute approximate surface area is 216 Å². The molecule has 1 atom stereocenters. The minimum Gasteiger partial charge on any atom is -0.330 e. The molecule has 1 amide bonds. The van der Waals surface area contributed by atoms with Crippen molar-refractivity contribution in [2.75, 3.05) is 30.0 Å². The number of alkyl halides is 3. The second-order valence-corrected chi connectivity index (χ2v) is 12.0. The Morgan fingerprint density at radius 2 is 1.92 bits per heavy atom. The van der Waals surface area contributed by atoms with Gasteiger partial charge in [-0.05, 0) is 31.7 Å². The molecule has 3 aromatic heterocycles. The van der Waals surface area contributed by atoms with Crippen LogP contribution in [-0.4, -0.2) is 70.1 Å². The summed E-state index contributed by atoms with van der Waals surface area (Å²) in [6, 6.07) is 2.26. The van der Waals surface area contributed by atoms with Crippen molar-refractivity contribution in [3.63, 3.8) is 0 Å². The summed E-state index contributed by atoms with van der Waals surface area (Å²) in [7, 11) is -2.15. The average molecular weight is 557 g/mol. The second kappa shape index (κ2) is 9.43. The third-order valence-electron chi connectivity index (χ3n) is 6.93. The molecule has 3 aromatic rings. The topological polar surface area (TPSA) is 101 Å². The number of aromatic nitrogens is 4. The predicted octanol–water partition coefficient (Wildman–Crippen LogP) is 3.75. The van der Waals surface area contributed by atoms with E-state index in [4.69, 9.17) is 11.6 Å². The third-order valence-corrected chi connectivity index (χ3v) is 8.83. The van der Waals surface area contributed by atoms with Crippen LogP contribution in [0, 0.1) is 5.92 Å². The highest BCUT2D eigenvalue weighted by molar-refractivity contribution is 7.91. The maximum absolute atomic E-state index is 14.2. The van der Waals surface area contributed by atoms with E-state index in [0.717, 1.165) is 37.5 Å². The zero-order valence-corrected chi connectivity index (χ0v) is 21.4. The van der Waals surface area contributed by atoms with Gasteiger partial charge in [0.05, 0.1) is 29.1 Å². The van der Waals surface area contributed by atoms with E-state index in [-0.39, 0.29) is 29.9 Å². The van der Waals surface area contributed by atoms with Crippen LogP contribution in [0.25, 0.3) is 5.65 Å². The molecule has 0 unspecified atom stereocenters. The molecule has 5 rings (SSSR count). The number of nitrogens with zero attached hydrogens (tertiary/aromatic N) is 6. The zero-order valence-electron chi connectivity index (χ0n) is 19.8. The lowest BCUT2D eigenvalue weighted by atomic mass is 9.98. The van der Waals surface area contributed by atoms with E-state index in [0.29, 0.717) is 28.1 Å². The van der Waals surface area contributed by atoms with Crippen LogP contribution in [0.5, 0.6) is 0 Å². The SMILES string of the molecule is CN(C(=O)C1CCS(=O)(=O)CC1)[C@@H](c1ccc(N2CCCc3c2cnc2cc(Cl)nn32)nc1)C(F)(F)F. The van der Waals surface area contributed by atoms with Gasteiger partial charge in [-0.15, -0.1) is 0 Å². The van der Waals surface area contributed by atoms with Crippen molar-refractivity contribution >= 4 is 44.5 Å². The zero-order chi connectivity index (χ0) is 26.5. The molecule has 0 radical (unpaired) electrons. The monoisotopic (exact) mass is 556 g/mol. The molecule has 1 fully saturated rings. The summed E-state index contributed by atoms with van der Waals surface area (Å²) in [5.74, 6) is -1.45. The standard InChI is InChI=1S/C23H24ClF3N6O3S/c1-31(22(34)14-6-9-37(35,36)10-7-14)21(23(25,26)27)15-4-5-19(28-12-15)32-8-2-3-16-17(32)13-29-20-11-18(24)30-33(16)20/h4-5,11-14,21H,2-3,6-10H2,1H3/t21-/m0/s1. The number of sulfone groups is 1. The summed E-state index contributed by atoms with van der Waals surface area (Å²) in [4.78, 5) is 24.1.